The van der Waals surface area contributed by atoms with Crippen LogP contribution in [0.5, 0.6) is 0 Å². The average molecular weight is 431 g/mol. The maximum Gasteiger partial charge on any atom is 0.235 e. The van der Waals surface area contributed by atoms with E-state index < -0.39 is 0 Å². The molecule has 4 unspecified atom stereocenters. The highest BCUT2D eigenvalue weighted by Crippen LogP contribution is 2.32. The molecule has 3 fully saturated rings. The van der Waals surface area contributed by atoms with Gasteiger partial charge in [0.2, 0.25) is 5.91 Å². The molecule has 3 aliphatic rings. The van der Waals surface area contributed by atoms with Crippen molar-refractivity contribution in [3.8, 4) is 0 Å². The van der Waals surface area contributed by atoms with Crippen molar-refractivity contribution < 1.29 is 9.53 Å². The first-order chi connectivity index (χ1) is 14.6. The SMILES string of the molecule is CC1(NC2NC(N3CCOCC3)NC(=O)C2c2nc3ccccc3s2)CCCNC1. The number of hydrogen-bond acceptors (Lipinski definition) is 8. The number of nitrogens with zero attached hydrogens (tertiary/aromatic N) is 2. The zero-order valence-corrected chi connectivity index (χ0v) is 18.1. The topological polar surface area (TPSA) is 90.5 Å². The Morgan fingerprint density at radius 1 is 1.30 bits per heavy atom. The highest BCUT2D eigenvalue weighted by atomic mass is 32.1. The number of carbonyl (C=O) groups is 1. The number of fused-ring (bicyclic) bond motifs is 1. The van der Waals surface area contributed by atoms with Crippen molar-refractivity contribution in [2.45, 2.75) is 43.7 Å². The van der Waals surface area contributed by atoms with E-state index in [0.29, 0.717) is 13.2 Å². The minimum atomic E-state index is -0.376. The minimum Gasteiger partial charge on any atom is -0.379 e. The molecule has 3 saturated heterocycles. The van der Waals surface area contributed by atoms with E-state index in [9.17, 15) is 4.79 Å². The maximum absolute atomic E-state index is 13.4. The Morgan fingerprint density at radius 2 is 2.13 bits per heavy atom. The third-order valence-electron chi connectivity index (χ3n) is 6.32. The molecule has 3 aliphatic heterocycles. The Bertz CT molecular complexity index is 860. The van der Waals surface area contributed by atoms with Gasteiger partial charge in [-0.1, -0.05) is 12.1 Å². The number of rotatable bonds is 4. The number of aromatic nitrogens is 1. The first-order valence-corrected chi connectivity index (χ1v) is 11.7. The molecule has 1 aromatic heterocycles. The van der Waals surface area contributed by atoms with Crippen LogP contribution in [-0.4, -0.2) is 73.2 Å². The number of morpholine rings is 1. The van der Waals surface area contributed by atoms with Gasteiger partial charge in [-0.3, -0.25) is 20.3 Å². The number of thiazole rings is 1. The van der Waals surface area contributed by atoms with E-state index in [2.05, 4.69) is 39.2 Å². The summed E-state index contributed by atoms with van der Waals surface area (Å²) < 4.78 is 6.60. The van der Waals surface area contributed by atoms with E-state index in [1.54, 1.807) is 11.3 Å². The quantitative estimate of drug-likeness (QED) is 0.570. The second-order valence-electron chi connectivity index (χ2n) is 8.69. The Hall–Kier alpha value is -1.62. The van der Waals surface area contributed by atoms with Gasteiger partial charge in [0.15, 0.2) is 0 Å². The number of ether oxygens (including phenoxy) is 1. The summed E-state index contributed by atoms with van der Waals surface area (Å²) >= 11 is 1.61. The van der Waals surface area contributed by atoms with Gasteiger partial charge in [0.05, 0.1) is 29.6 Å². The van der Waals surface area contributed by atoms with E-state index in [1.807, 2.05) is 18.2 Å². The smallest absolute Gasteiger partial charge is 0.235 e. The van der Waals surface area contributed by atoms with E-state index in [0.717, 1.165) is 54.2 Å². The molecule has 30 heavy (non-hydrogen) atoms. The van der Waals surface area contributed by atoms with E-state index in [4.69, 9.17) is 9.72 Å². The second kappa shape index (κ2) is 8.49. The highest BCUT2D eigenvalue weighted by Gasteiger charge is 2.43. The van der Waals surface area contributed by atoms with Crippen LogP contribution in [0.4, 0.5) is 0 Å². The number of benzene rings is 1. The predicted molar refractivity (Wildman–Crippen MR) is 117 cm³/mol. The summed E-state index contributed by atoms with van der Waals surface area (Å²) in [6.07, 6.45) is 1.80. The molecule has 0 bridgehead atoms. The summed E-state index contributed by atoms with van der Waals surface area (Å²) in [5.41, 5.74) is 0.878. The van der Waals surface area contributed by atoms with Crippen LogP contribution < -0.4 is 21.3 Å². The van der Waals surface area contributed by atoms with Crippen molar-refractivity contribution in [3.63, 3.8) is 0 Å². The van der Waals surface area contributed by atoms with Gasteiger partial charge in [0, 0.05) is 25.2 Å². The predicted octanol–water partition coefficient (Wildman–Crippen LogP) is 0.773. The van der Waals surface area contributed by atoms with Gasteiger partial charge < -0.3 is 15.4 Å². The summed E-state index contributed by atoms with van der Waals surface area (Å²) in [6, 6.07) is 8.08. The fraction of sp³-hybridized carbons (Fsp3) is 0.619. The molecule has 4 N–H and O–H groups in total. The Labute approximate surface area is 180 Å². The van der Waals surface area contributed by atoms with Crippen molar-refractivity contribution in [2.24, 2.45) is 0 Å². The molecule has 9 heteroatoms. The molecule has 5 rings (SSSR count). The number of amides is 1. The average Bonchev–Trinajstić information content (AvgIpc) is 3.18. The molecule has 4 atom stereocenters. The lowest BCUT2D eigenvalue weighted by atomic mass is 9.90. The van der Waals surface area contributed by atoms with Gasteiger partial charge in [-0.25, -0.2) is 4.98 Å². The molecule has 0 saturated carbocycles. The normalized spacial score (nSPS) is 33.5. The molecule has 1 amide bonds. The molecule has 162 valence electrons. The number of nitrogens with one attached hydrogen (secondary N) is 4. The zero-order chi connectivity index (χ0) is 20.6. The van der Waals surface area contributed by atoms with Gasteiger partial charge in [0.25, 0.3) is 0 Å². The first-order valence-electron chi connectivity index (χ1n) is 10.8. The molecule has 0 aliphatic carbocycles. The Kier molecular flexibility index (Phi) is 5.74. The van der Waals surface area contributed by atoms with Gasteiger partial charge in [-0.15, -0.1) is 11.3 Å². The van der Waals surface area contributed by atoms with Gasteiger partial charge in [0.1, 0.15) is 17.2 Å². The monoisotopic (exact) mass is 430 g/mol. The summed E-state index contributed by atoms with van der Waals surface area (Å²) in [7, 11) is 0. The van der Waals surface area contributed by atoms with Crippen molar-refractivity contribution in [2.75, 3.05) is 39.4 Å². The molecule has 0 radical (unpaired) electrons. The maximum atomic E-state index is 13.4. The lowest BCUT2D eigenvalue weighted by Crippen LogP contribution is -2.73. The van der Waals surface area contributed by atoms with Crippen molar-refractivity contribution >= 4 is 27.5 Å². The van der Waals surface area contributed by atoms with Crippen molar-refractivity contribution in [1.82, 2.24) is 31.2 Å². The number of carbonyl (C=O) groups excluding carboxylic acids is 1. The van der Waals surface area contributed by atoms with Crippen molar-refractivity contribution in [3.05, 3.63) is 29.3 Å². The molecule has 2 aromatic rings. The minimum absolute atomic E-state index is 0.0224. The molecular formula is C21H30N6O2S. The Balaban J connectivity index is 1.44. The molecular weight excluding hydrogens is 400 g/mol. The van der Waals surface area contributed by atoms with Crippen LogP contribution >= 0.6 is 11.3 Å². The van der Waals surface area contributed by atoms with Crippen LogP contribution in [0.2, 0.25) is 0 Å². The Morgan fingerprint density at radius 3 is 2.90 bits per heavy atom. The standard InChI is InChI=1S/C21H30N6O2S/c1-21(7-4-8-22-13-21)26-17-16(19-23-14-5-2-3-6-15(14)30-19)18(28)25-20(24-17)27-9-11-29-12-10-27/h2-3,5-6,16-17,20,22,24,26H,4,7-13H2,1H3,(H,25,28). The third kappa shape index (κ3) is 4.10. The zero-order valence-electron chi connectivity index (χ0n) is 17.3. The van der Waals surface area contributed by atoms with Crippen molar-refractivity contribution in [1.29, 1.82) is 0 Å². The summed E-state index contributed by atoms with van der Waals surface area (Å²) in [5.74, 6) is -0.354. The van der Waals surface area contributed by atoms with Crippen LogP contribution in [0.1, 0.15) is 30.7 Å². The van der Waals surface area contributed by atoms with Crippen LogP contribution in [0.15, 0.2) is 24.3 Å². The second-order valence-corrected chi connectivity index (χ2v) is 9.75. The number of piperidine rings is 1. The fourth-order valence-electron chi connectivity index (χ4n) is 4.67. The number of para-hydroxylation sites is 1. The fourth-order valence-corrected chi connectivity index (χ4v) is 5.78. The summed E-state index contributed by atoms with van der Waals surface area (Å²) in [4.78, 5) is 20.4. The van der Waals surface area contributed by atoms with E-state index >= 15 is 0 Å². The molecule has 0 spiro atoms. The van der Waals surface area contributed by atoms with Crippen LogP contribution in [0, 0.1) is 0 Å². The van der Waals surface area contributed by atoms with Gasteiger partial charge in [-0.2, -0.15) is 0 Å². The van der Waals surface area contributed by atoms with Crippen LogP contribution in [0.3, 0.4) is 0 Å². The largest absolute Gasteiger partial charge is 0.379 e. The van der Waals surface area contributed by atoms with Crippen LogP contribution in [-0.2, 0) is 9.53 Å². The summed E-state index contributed by atoms with van der Waals surface area (Å²) in [5, 5.41) is 15.0. The van der Waals surface area contributed by atoms with E-state index in [-0.39, 0.29) is 29.8 Å². The van der Waals surface area contributed by atoms with Gasteiger partial charge >= 0.3 is 0 Å². The summed E-state index contributed by atoms with van der Waals surface area (Å²) in [6.45, 7) is 7.16. The molecule has 8 nitrogen and oxygen atoms in total. The van der Waals surface area contributed by atoms with E-state index in [1.165, 1.54) is 0 Å². The highest BCUT2D eigenvalue weighted by molar-refractivity contribution is 7.18. The van der Waals surface area contributed by atoms with Gasteiger partial charge in [-0.05, 0) is 38.4 Å². The first kappa shape index (κ1) is 20.3. The lowest BCUT2D eigenvalue weighted by molar-refractivity contribution is -0.131. The molecule has 1 aromatic carbocycles. The molecule has 4 heterocycles. The van der Waals surface area contributed by atoms with Crippen LogP contribution in [0.25, 0.3) is 10.2 Å². The number of hydrogen-bond donors (Lipinski definition) is 4. The lowest BCUT2D eigenvalue weighted by Gasteiger charge is -2.46. The third-order valence-corrected chi connectivity index (χ3v) is 7.44.